The van der Waals surface area contributed by atoms with Crippen molar-refractivity contribution >= 4 is 5.69 Å². The zero-order chi connectivity index (χ0) is 14.6. The molecule has 0 bridgehead atoms. The molecule has 0 fully saturated rings. The number of rotatable bonds is 11. The van der Waals surface area contributed by atoms with Crippen LogP contribution in [0.2, 0.25) is 0 Å². The van der Waals surface area contributed by atoms with Crippen molar-refractivity contribution in [2.75, 3.05) is 5.32 Å². The lowest BCUT2D eigenvalue weighted by Gasteiger charge is -2.20. The van der Waals surface area contributed by atoms with E-state index in [2.05, 4.69) is 50.4 Å². The average Bonchev–Trinajstić information content (AvgIpc) is 2.48. The van der Waals surface area contributed by atoms with Gasteiger partial charge in [0.05, 0.1) is 0 Å². The number of unbranched alkanes of at least 4 members (excludes halogenated alkanes) is 4. The van der Waals surface area contributed by atoms with Crippen LogP contribution in [0.25, 0.3) is 0 Å². The normalized spacial score (nSPS) is 11.0. The SMILES string of the molecule is CCCCCC(CCCCC)Nc1ccc(CC)cc1. The zero-order valence-corrected chi connectivity index (χ0v) is 13.8. The first kappa shape index (κ1) is 17.1. The van der Waals surface area contributed by atoms with Crippen LogP contribution in [0, 0.1) is 0 Å². The van der Waals surface area contributed by atoms with Crippen LogP contribution in [-0.2, 0) is 6.42 Å². The third kappa shape index (κ3) is 6.98. The molecule has 1 heteroatoms. The van der Waals surface area contributed by atoms with Gasteiger partial charge in [0, 0.05) is 11.7 Å². The number of hydrogen-bond acceptors (Lipinski definition) is 1. The lowest BCUT2D eigenvalue weighted by atomic mass is 10.0. The van der Waals surface area contributed by atoms with Gasteiger partial charge in [-0.3, -0.25) is 0 Å². The maximum atomic E-state index is 3.75. The van der Waals surface area contributed by atoms with Gasteiger partial charge in [0.2, 0.25) is 0 Å². The topological polar surface area (TPSA) is 12.0 Å². The van der Waals surface area contributed by atoms with E-state index in [1.54, 1.807) is 0 Å². The van der Waals surface area contributed by atoms with Gasteiger partial charge in [0.25, 0.3) is 0 Å². The molecular formula is C19H33N. The second-order valence-corrected chi connectivity index (χ2v) is 5.88. The zero-order valence-electron chi connectivity index (χ0n) is 13.8. The quantitative estimate of drug-likeness (QED) is 0.475. The van der Waals surface area contributed by atoms with E-state index in [1.165, 1.54) is 62.6 Å². The van der Waals surface area contributed by atoms with Gasteiger partial charge in [0.15, 0.2) is 0 Å². The fraction of sp³-hybridized carbons (Fsp3) is 0.684. The van der Waals surface area contributed by atoms with Crippen molar-refractivity contribution in [2.24, 2.45) is 0 Å². The molecule has 1 aromatic carbocycles. The Hall–Kier alpha value is -0.980. The monoisotopic (exact) mass is 275 g/mol. The maximum Gasteiger partial charge on any atom is 0.0342 e. The van der Waals surface area contributed by atoms with E-state index in [9.17, 15) is 0 Å². The number of benzene rings is 1. The highest BCUT2D eigenvalue weighted by molar-refractivity contribution is 5.45. The van der Waals surface area contributed by atoms with Gasteiger partial charge >= 0.3 is 0 Å². The second-order valence-electron chi connectivity index (χ2n) is 5.88. The number of hydrogen-bond donors (Lipinski definition) is 1. The van der Waals surface area contributed by atoms with Gasteiger partial charge in [-0.2, -0.15) is 0 Å². The van der Waals surface area contributed by atoms with E-state index in [4.69, 9.17) is 0 Å². The molecular weight excluding hydrogens is 242 g/mol. The Morgan fingerprint density at radius 2 is 1.35 bits per heavy atom. The molecule has 114 valence electrons. The molecule has 0 saturated heterocycles. The molecule has 0 heterocycles. The average molecular weight is 275 g/mol. The van der Waals surface area contributed by atoms with Crippen LogP contribution >= 0.6 is 0 Å². The molecule has 1 rings (SSSR count). The molecule has 0 aromatic heterocycles. The Morgan fingerprint density at radius 1 is 0.800 bits per heavy atom. The molecule has 1 nitrogen and oxygen atoms in total. The smallest absolute Gasteiger partial charge is 0.0342 e. The van der Waals surface area contributed by atoms with Crippen LogP contribution in [-0.4, -0.2) is 6.04 Å². The van der Waals surface area contributed by atoms with Crippen LogP contribution in [0.5, 0.6) is 0 Å². The lowest BCUT2D eigenvalue weighted by molar-refractivity contribution is 0.526. The first-order valence-electron chi connectivity index (χ1n) is 8.65. The van der Waals surface area contributed by atoms with Crippen molar-refractivity contribution < 1.29 is 0 Å². The molecule has 0 unspecified atom stereocenters. The van der Waals surface area contributed by atoms with Crippen LogP contribution < -0.4 is 5.32 Å². The van der Waals surface area contributed by atoms with Crippen LogP contribution in [0.3, 0.4) is 0 Å². The summed E-state index contributed by atoms with van der Waals surface area (Å²) in [5.74, 6) is 0. The predicted molar refractivity (Wildman–Crippen MR) is 91.5 cm³/mol. The van der Waals surface area contributed by atoms with E-state index < -0.39 is 0 Å². The summed E-state index contributed by atoms with van der Waals surface area (Å²) in [4.78, 5) is 0. The van der Waals surface area contributed by atoms with Crippen molar-refractivity contribution in [2.45, 2.75) is 84.6 Å². The predicted octanol–water partition coefficient (Wildman–Crippen LogP) is 6.19. The first-order valence-corrected chi connectivity index (χ1v) is 8.65. The Bertz CT molecular complexity index is 318. The third-order valence-corrected chi connectivity index (χ3v) is 4.05. The summed E-state index contributed by atoms with van der Waals surface area (Å²) in [5, 5.41) is 3.75. The molecule has 0 aliphatic heterocycles. The number of nitrogens with one attached hydrogen (secondary N) is 1. The summed E-state index contributed by atoms with van der Waals surface area (Å²) in [5.41, 5.74) is 2.71. The summed E-state index contributed by atoms with van der Waals surface area (Å²) in [6.07, 6.45) is 11.8. The van der Waals surface area contributed by atoms with Gasteiger partial charge in [-0.05, 0) is 37.0 Å². The molecule has 0 aliphatic rings. The molecule has 0 amide bonds. The third-order valence-electron chi connectivity index (χ3n) is 4.05. The minimum Gasteiger partial charge on any atom is -0.382 e. The van der Waals surface area contributed by atoms with E-state index in [0.717, 1.165) is 6.42 Å². The van der Waals surface area contributed by atoms with Crippen LogP contribution in [0.15, 0.2) is 24.3 Å². The molecule has 0 atom stereocenters. The van der Waals surface area contributed by atoms with Crippen molar-refractivity contribution in [3.63, 3.8) is 0 Å². The fourth-order valence-corrected chi connectivity index (χ4v) is 2.64. The van der Waals surface area contributed by atoms with Gasteiger partial charge in [0.1, 0.15) is 0 Å². The summed E-state index contributed by atoms with van der Waals surface area (Å²) in [7, 11) is 0. The number of aryl methyl sites for hydroxylation is 1. The maximum absolute atomic E-state index is 3.75. The Balaban J connectivity index is 2.47. The molecule has 1 aromatic rings. The van der Waals surface area contributed by atoms with E-state index in [0.29, 0.717) is 6.04 Å². The van der Waals surface area contributed by atoms with E-state index in [1.807, 2.05) is 0 Å². The summed E-state index contributed by atoms with van der Waals surface area (Å²) in [6.45, 7) is 6.77. The van der Waals surface area contributed by atoms with Crippen molar-refractivity contribution in [3.8, 4) is 0 Å². The van der Waals surface area contributed by atoms with E-state index in [-0.39, 0.29) is 0 Å². The first-order chi connectivity index (χ1) is 9.80. The van der Waals surface area contributed by atoms with Crippen LogP contribution in [0.1, 0.15) is 77.7 Å². The Morgan fingerprint density at radius 3 is 1.80 bits per heavy atom. The highest BCUT2D eigenvalue weighted by atomic mass is 14.9. The van der Waals surface area contributed by atoms with E-state index >= 15 is 0 Å². The minimum absolute atomic E-state index is 0.653. The lowest BCUT2D eigenvalue weighted by Crippen LogP contribution is -2.19. The highest BCUT2D eigenvalue weighted by Crippen LogP contribution is 2.18. The molecule has 0 radical (unpaired) electrons. The van der Waals surface area contributed by atoms with Crippen LogP contribution in [0.4, 0.5) is 5.69 Å². The molecule has 20 heavy (non-hydrogen) atoms. The van der Waals surface area contributed by atoms with Gasteiger partial charge < -0.3 is 5.32 Å². The standard InChI is InChI=1S/C19H33N/c1-4-7-9-11-18(12-10-8-5-2)20-19-15-13-17(6-3)14-16-19/h13-16,18,20H,4-12H2,1-3H3. The summed E-state index contributed by atoms with van der Waals surface area (Å²) < 4.78 is 0. The van der Waals surface area contributed by atoms with Gasteiger partial charge in [-0.25, -0.2) is 0 Å². The molecule has 0 spiro atoms. The van der Waals surface area contributed by atoms with Crippen molar-refractivity contribution in [1.29, 1.82) is 0 Å². The summed E-state index contributed by atoms with van der Waals surface area (Å²) >= 11 is 0. The van der Waals surface area contributed by atoms with Crippen molar-refractivity contribution in [1.82, 2.24) is 0 Å². The molecule has 0 aliphatic carbocycles. The Kier molecular flexibility index (Phi) is 9.19. The van der Waals surface area contributed by atoms with Gasteiger partial charge in [-0.1, -0.05) is 71.4 Å². The summed E-state index contributed by atoms with van der Waals surface area (Å²) in [6, 6.07) is 9.63. The second kappa shape index (κ2) is 10.8. The largest absolute Gasteiger partial charge is 0.382 e. The number of anilines is 1. The molecule has 1 N–H and O–H groups in total. The molecule has 0 saturated carbocycles. The van der Waals surface area contributed by atoms with Gasteiger partial charge in [-0.15, -0.1) is 0 Å². The fourth-order valence-electron chi connectivity index (χ4n) is 2.64. The Labute approximate surface area is 126 Å². The minimum atomic E-state index is 0.653. The highest BCUT2D eigenvalue weighted by Gasteiger charge is 2.08. The van der Waals surface area contributed by atoms with Crippen molar-refractivity contribution in [3.05, 3.63) is 29.8 Å².